The molecule has 2 amide bonds. The third-order valence-corrected chi connectivity index (χ3v) is 8.06. The van der Waals surface area contributed by atoms with Crippen LogP contribution in [0.2, 0.25) is 0 Å². The third kappa shape index (κ3) is 5.75. The highest BCUT2D eigenvalue weighted by atomic mass is 32.2. The number of aromatic nitrogens is 3. The van der Waals surface area contributed by atoms with Gasteiger partial charge in [0, 0.05) is 51.1 Å². The minimum atomic E-state index is -3.56. The lowest BCUT2D eigenvalue weighted by Gasteiger charge is -2.35. The molecule has 12 nitrogen and oxygen atoms in total. The number of sulfonamides is 1. The third-order valence-electron chi connectivity index (χ3n) is 7.47. The van der Waals surface area contributed by atoms with Crippen molar-refractivity contribution in [3.63, 3.8) is 0 Å². The minimum Gasteiger partial charge on any atom is -0.358 e. The Balaban J connectivity index is 1.46. The normalized spacial score (nSPS) is 20.0. The van der Waals surface area contributed by atoms with E-state index in [9.17, 15) is 18.0 Å². The van der Waals surface area contributed by atoms with Gasteiger partial charge in [-0.3, -0.25) is 14.3 Å². The molecule has 0 radical (unpaired) electrons. The largest absolute Gasteiger partial charge is 0.358 e. The van der Waals surface area contributed by atoms with Crippen molar-refractivity contribution in [3.8, 4) is 0 Å². The number of benzene rings is 1. The van der Waals surface area contributed by atoms with E-state index in [1.165, 1.54) is 0 Å². The Kier molecular flexibility index (Phi) is 7.69. The van der Waals surface area contributed by atoms with Crippen molar-refractivity contribution >= 4 is 39.0 Å². The Morgan fingerprint density at radius 1 is 1.12 bits per heavy atom. The molecule has 3 aromatic rings. The molecule has 40 heavy (non-hydrogen) atoms. The molecule has 4 heterocycles. The van der Waals surface area contributed by atoms with E-state index in [1.807, 2.05) is 26.1 Å². The van der Waals surface area contributed by atoms with Gasteiger partial charge in [0.15, 0.2) is 5.65 Å². The van der Waals surface area contributed by atoms with Gasteiger partial charge in [0.1, 0.15) is 11.9 Å². The summed E-state index contributed by atoms with van der Waals surface area (Å²) in [5.74, 6) is 0.519. The summed E-state index contributed by atoms with van der Waals surface area (Å²) in [5.41, 5.74) is 3.80. The number of piperazine rings is 1. The van der Waals surface area contributed by atoms with Crippen molar-refractivity contribution in [2.75, 3.05) is 49.1 Å². The molecule has 214 valence electrons. The van der Waals surface area contributed by atoms with Gasteiger partial charge in [-0.15, -0.1) is 0 Å². The molecule has 5 rings (SSSR count). The van der Waals surface area contributed by atoms with E-state index in [0.29, 0.717) is 30.8 Å². The van der Waals surface area contributed by atoms with Gasteiger partial charge in [0.2, 0.25) is 15.9 Å². The van der Waals surface area contributed by atoms with Gasteiger partial charge in [-0.25, -0.2) is 17.9 Å². The van der Waals surface area contributed by atoms with E-state index in [-0.39, 0.29) is 29.6 Å². The molecule has 2 aromatic heterocycles. The van der Waals surface area contributed by atoms with Gasteiger partial charge < -0.3 is 20.4 Å². The van der Waals surface area contributed by atoms with E-state index < -0.39 is 10.0 Å². The lowest BCUT2D eigenvalue weighted by molar-refractivity contribution is -0.122. The Morgan fingerprint density at radius 3 is 2.67 bits per heavy atom. The predicted octanol–water partition coefficient (Wildman–Crippen LogP) is 1.61. The first-order valence-electron chi connectivity index (χ1n) is 13.5. The Morgan fingerprint density at radius 2 is 1.93 bits per heavy atom. The molecule has 13 heteroatoms. The van der Waals surface area contributed by atoms with Crippen LogP contribution in [-0.4, -0.2) is 85.3 Å². The average molecular weight is 569 g/mol. The molecule has 0 bridgehead atoms. The van der Waals surface area contributed by atoms with Gasteiger partial charge in [-0.2, -0.15) is 5.10 Å². The summed E-state index contributed by atoms with van der Waals surface area (Å²) in [5, 5.41) is 10.8. The number of carbonyl (C=O) groups excluding carboxylic acids is 2. The number of carbonyl (C=O) groups is 2. The van der Waals surface area contributed by atoms with Crippen molar-refractivity contribution in [3.05, 3.63) is 52.8 Å². The molecule has 0 unspecified atom stereocenters. The second kappa shape index (κ2) is 11.0. The van der Waals surface area contributed by atoms with Gasteiger partial charge >= 0.3 is 0 Å². The summed E-state index contributed by atoms with van der Waals surface area (Å²) < 4.78 is 28.2. The van der Waals surface area contributed by atoms with Crippen LogP contribution in [0.5, 0.6) is 0 Å². The molecule has 0 aliphatic carbocycles. The Bertz CT molecular complexity index is 1550. The fraction of sp³-hybridized carbons (Fsp3) is 0.481. The lowest BCUT2D eigenvalue weighted by atomic mass is 9.97. The highest BCUT2D eigenvalue weighted by molar-refractivity contribution is 7.92. The molecular formula is C27H36N8O4S. The summed E-state index contributed by atoms with van der Waals surface area (Å²) in [6.07, 6.45) is 5.55. The zero-order valence-electron chi connectivity index (χ0n) is 23.3. The molecule has 2 aliphatic rings. The van der Waals surface area contributed by atoms with Gasteiger partial charge in [-0.1, -0.05) is 11.6 Å². The highest BCUT2D eigenvalue weighted by Crippen LogP contribution is 2.34. The Labute approximate surface area is 234 Å². The molecule has 3 N–H and O–H groups in total. The molecular weight excluding hydrogens is 532 g/mol. The molecule has 1 aromatic carbocycles. The van der Waals surface area contributed by atoms with E-state index in [1.54, 1.807) is 34.7 Å². The number of likely N-dealkylation sites (tertiary alicyclic amines) is 1. The van der Waals surface area contributed by atoms with Crippen molar-refractivity contribution in [2.45, 2.75) is 45.2 Å². The summed E-state index contributed by atoms with van der Waals surface area (Å²) in [4.78, 5) is 34.9. The number of anilines is 2. The van der Waals surface area contributed by atoms with Crippen molar-refractivity contribution in [1.82, 2.24) is 30.1 Å². The molecule has 2 saturated heterocycles. The van der Waals surface area contributed by atoms with Crippen LogP contribution < -0.4 is 20.3 Å². The smallest absolute Gasteiger partial charge is 0.256 e. The topological polar surface area (TPSA) is 141 Å². The number of nitrogens with zero attached hydrogens (tertiary/aromatic N) is 5. The minimum absolute atomic E-state index is 0.0550. The maximum Gasteiger partial charge on any atom is 0.256 e. The van der Waals surface area contributed by atoms with Crippen LogP contribution >= 0.6 is 0 Å². The average Bonchev–Trinajstić information content (AvgIpc) is 3.34. The number of hydrogen-bond donors (Lipinski definition) is 3. The SMILES string of the molecule is CNC(=O)[C@H]1CN(c2nc3cc([C@@H]4CCCCN4C(=O)c4cc(C)ccc4NS(C)(=O)=O)nn3cc2C)CCN1. The maximum atomic E-state index is 13.9. The first-order chi connectivity index (χ1) is 19.0. The second-order valence-corrected chi connectivity index (χ2v) is 12.4. The van der Waals surface area contributed by atoms with E-state index in [4.69, 9.17) is 10.1 Å². The molecule has 2 atom stereocenters. The Hall–Kier alpha value is -3.71. The van der Waals surface area contributed by atoms with Crippen LogP contribution in [0, 0.1) is 13.8 Å². The van der Waals surface area contributed by atoms with E-state index in [2.05, 4.69) is 20.3 Å². The summed E-state index contributed by atoms with van der Waals surface area (Å²) in [7, 11) is -1.93. The van der Waals surface area contributed by atoms with Crippen LogP contribution in [-0.2, 0) is 14.8 Å². The number of piperidine rings is 1. The molecule has 0 spiro atoms. The number of likely N-dealkylation sites (N-methyl/N-ethyl adjacent to an activating group) is 1. The number of fused-ring (bicyclic) bond motifs is 1. The van der Waals surface area contributed by atoms with Gasteiger partial charge in [0.25, 0.3) is 5.91 Å². The second-order valence-electron chi connectivity index (χ2n) is 10.6. The van der Waals surface area contributed by atoms with Gasteiger partial charge in [0.05, 0.1) is 29.2 Å². The van der Waals surface area contributed by atoms with Crippen LogP contribution in [0.25, 0.3) is 5.65 Å². The van der Waals surface area contributed by atoms with Crippen molar-refractivity contribution in [2.24, 2.45) is 0 Å². The molecule has 2 aliphatic heterocycles. The summed E-state index contributed by atoms with van der Waals surface area (Å²) in [6.45, 7) is 6.30. The quantitative estimate of drug-likeness (QED) is 0.407. The van der Waals surface area contributed by atoms with Crippen LogP contribution in [0.3, 0.4) is 0 Å². The number of hydrogen-bond acceptors (Lipinski definition) is 8. The highest BCUT2D eigenvalue weighted by Gasteiger charge is 2.33. The maximum absolute atomic E-state index is 13.9. The number of nitrogens with one attached hydrogen (secondary N) is 3. The lowest BCUT2D eigenvalue weighted by Crippen LogP contribution is -2.57. The van der Waals surface area contributed by atoms with Crippen LogP contribution in [0.1, 0.15) is 52.5 Å². The molecule has 2 fully saturated rings. The van der Waals surface area contributed by atoms with E-state index >= 15 is 0 Å². The predicted molar refractivity (Wildman–Crippen MR) is 153 cm³/mol. The van der Waals surface area contributed by atoms with Crippen LogP contribution in [0.4, 0.5) is 11.5 Å². The first-order valence-corrected chi connectivity index (χ1v) is 15.4. The number of amides is 2. The van der Waals surface area contributed by atoms with E-state index in [0.717, 1.165) is 54.7 Å². The fourth-order valence-corrected chi connectivity index (χ4v) is 6.13. The standard InChI is InChI=1S/C27H36N8O4S/c1-17-8-9-20(32-40(4,38)39)19(13-17)27(37)34-11-6-5-7-23(34)21-14-24-30-25(18(2)15-35(24)31-21)33-12-10-29-22(16-33)26(36)28-3/h8-9,13-15,22-23,29,32H,5-7,10-12,16H2,1-4H3,(H,28,36)/t22-,23+/m1/s1. The van der Waals surface area contributed by atoms with Gasteiger partial charge in [-0.05, 0) is 45.2 Å². The zero-order valence-corrected chi connectivity index (χ0v) is 24.1. The van der Waals surface area contributed by atoms with Crippen LogP contribution in [0.15, 0.2) is 30.5 Å². The monoisotopic (exact) mass is 568 g/mol. The van der Waals surface area contributed by atoms with Crippen molar-refractivity contribution < 1.29 is 18.0 Å². The van der Waals surface area contributed by atoms with Crippen molar-refractivity contribution in [1.29, 1.82) is 0 Å². The number of aryl methyl sites for hydroxylation is 2. The zero-order chi connectivity index (χ0) is 28.6. The number of rotatable bonds is 6. The first kappa shape index (κ1) is 27.8. The summed E-state index contributed by atoms with van der Waals surface area (Å²) >= 11 is 0. The summed E-state index contributed by atoms with van der Waals surface area (Å²) in [6, 6.07) is 6.47. The molecule has 0 saturated carbocycles. The fourth-order valence-electron chi connectivity index (χ4n) is 5.55.